The van der Waals surface area contributed by atoms with E-state index in [0.717, 1.165) is 38.0 Å². The predicted molar refractivity (Wildman–Crippen MR) is 114 cm³/mol. The van der Waals surface area contributed by atoms with Crippen LogP contribution in [0.3, 0.4) is 0 Å². The molecule has 0 spiro atoms. The maximum absolute atomic E-state index is 12.7. The monoisotopic (exact) mass is 375 g/mol. The summed E-state index contributed by atoms with van der Waals surface area (Å²) in [5.74, 6) is 0.146. The molecule has 0 aliphatic carbocycles. The van der Waals surface area contributed by atoms with Gasteiger partial charge in [0.1, 0.15) is 0 Å². The number of nitrogens with zero attached hydrogens (tertiary/aromatic N) is 1. The number of para-hydroxylation sites is 1. The number of benzene rings is 2. The molecule has 146 valence electrons. The first-order valence-electron chi connectivity index (χ1n) is 10.4. The highest BCUT2D eigenvalue weighted by atomic mass is 16.1. The molecule has 2 heterocycles. The highest BCUT2D eigenvalue weighted by Gasteiger charge is 2.20. The van der Waals surface area contributed by atoms with E-state index in [4.69, 9.17) is 0 Å². The predicted octanol–water partition coefficient (Wildman–Crippen LogP) is 4.44. The summed E-state index contributed by atoms with van der Waals surface area (Å²) in [4.78, 5) is 18.4. The van der Waals surface area contributed by atoms with Gasteiger partial charge in [-0.1, -0.05) is 48.5 Å². The van der Waals surface area contributed by atoms with Crippen LogP contribution in [0.4, 0.5) is 0 Å². The summed E-state index contributed by atoms with van der Waals surface area (Å²) < 4.78 is 0. The van der Waals surface area contributed by atoms with Crippen LogP contribution >= 0.6 is 0 Å². The molecule has 4 rings (SSSR count). The van der Waals surface area contributed by atoms with Gasteiger partial charge in [0.05, 0.1) is 6.04 Å². The smallest absolute Gasteiger partial charge is 0.220 e. The Morgan fingerprint density at radius 1 is 1.04 bits per heavy atom. The normalized spacial score (nSPS) is 15.7. The first kappa shape index (κ1) is 18.8. The van der Waals surface area contributed by atoms with Crippen molar-refractivity contribution in [2.45, 2.75) is 38.1 Å². The van der Waals surface area contributed by atoms with Crippen molar-refractivity contribution in [3.63, 3.8) is 0 Å². The number of nitrogens with one attached hydrogen (secondary N) is 2. The zero-order chi connectivity index (χ0) is 19.2. The van der Waals surface area contributed by atoms with Gasteiger partial charge in [0, 0.05) is 30.1 Å². The Kier molecular flexibility index (Phi) is 6.07. The number of H-pyrrole nitrogens is 1. The molecule has 3 aromatic rings. The number of hydrogen-bond donors (Lipinski definition) is 2. The Morgan fingerprint density at radius 2 is 1.79 bits per heavy atom. The average molecular weight is 376 g/mol. The zero-order valence-corrected chi connectivity index (χ0v) is 16.4. The molecule has 0 bridgehead atoms. The van der Waals surface area contributed by atoms with Gasteiger partial charge < -0.3 is 15.2 Å². The minimum absolute atomic E-state index is 0.0693. The molecule has 0 saturated carbocycles. The van der Waals surface area contributed by atoms with E-state index in [9.17, 15) is 4.79 Å². The molecule has 4 nitrogen and oxygen atoms in total. The lowest BCUT2D eigenvalue weighted by Gasteiger charge is -2.25. The highest BCUT2D eigenvalue weighted by Crippen LogP contribution is 2.20. The van der Waals surface area contributed by atoms with Crippen molar-refractivity contribution in [1.29, 1.82) is 0 Å². The molecule has 0 radical (unpaired) electrons. The molecule has 1 saturated heterocycles. The van der Waals surface area contributed by atoms with E-state index in [1.807, 2.05) is 12.1 Å². The molecule has 4 heteroatoms. The maximum Gasteiger partial charge on any atom is 0.220 e. The molecule has 2 N–H and O–H groups in total. The van der Waals surface area contributed by atoms with Crippen molar-refractivity contribution >= 4 is 16.8 Å². The summed E-state index contributed by atoms with van der Waals surface area (Å²) >= 11 is 0. The van der Waals surface area contributed by atoms with Gasteiger partial charge in [-0.3, -0.25) is 4.79 Å². The number of amides is 1. The second kappa shape index (κ2) is 9.07. The van der Waals surface area contributed by atoms with Gasteiger partial charge in [-0.05, 0) is 56.0 Å². The third-order valence-electron chi connectivity index (χ3n) is 5.70. The minimum Gasteiger partial charge on any atom is -0.361 e. The number of hydrogen-bond acceptors (Lipinski definition) is 2. The summed E-state index contributed by atoms with van der Waals surface area (Å²) in [6, 6.07) is 18.8. The first-order chi connectivity index (χ1) is 13.8. The van der Waals surface area contributed by atoms with Gasteiger partial charge in [0.15, 0.2) is 0 Å². The SMILES string of the molecule is O=C(CCCc1c[nH]c2ccccc12)NC(CN1CCCC1)c1ccccc1. The molecule has 1 aromatic heterocycles. The fourth-order valence-corrected chi connectivity index (χ4v) is 4.19. The molecule has 1 atom stereocenters. The quantitative estimate of drug-likeness (QED) is 0.611. The second-order valence-corrected chi connectivity index (χ2v) is 7.75. The third kappa shape index (κ3) is 4.63. The number of carbonyl (C=O) groups excluding carboxylic acids is 1. The van der Waals surface area contributed by atoms with Crippen molar-refractivity contribution < 1.29 is 4.79 Å². The lowest BCUT2D eigenvalue weighted by molar-refractivity contribution is -0.122. The van der Waals surface area contributed by atoms with E-state index >= 15 is 0 Å². The average Bonchev–Trinajstić information content (AvgIpc) is 3.38. The van der Waals surface area contributed by atoms with E-state index in [1.165, 1.54) is 29.4 Å². The van der Waals surface area contributed by atoms with Crippen LogP contribution in [-0.4, -0.2) is 35.4 Å². The summed E-state index contributed by atoms with van der Waals surface area (Å²) in [5.41, 5.74) is 3.65. The van der Waals surface area contributed by atoms with Crippen molar-refractivity contribution in [2.24, 2.45) is 0 Å². The van der Waals surface area contributed by atoms with Crippen LogP contribution < -0.4 is 5.32 Å². The molecule has 2 aromatic carbocycles. The molecule has 1 unspecified atom stereocenters. The fraction of sp³-hybridized carbons (Fsp3) is 0.375. The maximum atomic E-state index is 12.7. The number of aromatic nitrogens is 1. The molecule has 28 heavy (non-hydrogen) atoms. The van der Waals surface area contributed by atoms with Crippen LogP contribution in [0.5, 0.6) is 0 Å². The highest BCUT2D eigenvalue weighted by molar-refractivity contribution is 5.83. The van der Waals surface area contributed by atoms with Crippen LogP contribution in [-0.2, 0) is 11.2 Å². The lowest BCUT2D eigenvalue weighted by Crippen LogP contribution is -2.37. The van der Waals surface area contributed by atoms with E-state index in [0.29, 0.717) is 6.42 Å². The first-order valence-corrected chi connectivity index (χ1v) is 10.4. The fourth-order valence-electron chi connectivity index (χ4n) is 4.19. The standard InChI is InChI=1S/C24H29N3O/c28-24(14-8-11-20-17-25-22-13-5-4-12-21(20)22)26-23(18-27-15-6-7-16-27)19-9-2-1-3-10-19/h1-5,9-10,12-13,17,23,25H,6-8,11,14-16,18H2,(H,26,28). The largest absolute Gasteiger partial charge is 0.361 e. The van der Waals surface area contributed by atoms with Gasteiger partial charge >= 0.3 is 0 Å². The Bertz CT molecular complexity index is 896. The summed E-state index contributed by atoms with van der Waals surface area (Å²) in [6.07, 6.45) is 6.93. The lowest BCUT2D eigenvalue weighted by atomic mass is 10.0. The summed E-state index contributed by atoms with van der Waals surface area (Å²) in [5, 5.41) is 4.55. The molecular formula is C24H29N3O. The van der Waals surface area contributed by atoms with Crippen LogP contribution in [0.2, 0.25) is 0 Å². The van der Waals surface area contributed by atoms with E-state index in [2.05, 4.69) is 63.9 Å². The summed E-state index contributed by atoms with van der Waals surface area (Å²) in [6.45, 7) is 3.18. The van der Waals surface area contributed by atoms with Gasteiger partial charge in [-0.15, -0.1) is 0 Å². The van der Waals surface area contributed by atoms with Gasteiger partial charge in [-0.25, -0.2) is 0 Å². The van der Waals surface area contributed by atoms with Gasteiger partial charge in [-0.2, -0.15) is 0 Å². The molecule has 1 amide bonds. The van der Waals surface area contributed by atoms with E-state index in [1.54, 1.807) is 0 Å². The number of likely N-dealkylation sites (tertiary alicyclic amines) is 1. The van der Waals surface area contributed by atoms with E-state index < -0.39 is 0 Å². The van der Waals surface area contributed by atoms with Gasteiger partial charge in [0.2, 0.25) is 5.91 Å². The van der Waals surface area contributed by atoms with Crippen LogP contribution in [0.1, 0.15) is 42.9 Å². The number of rotatable bonds is 8. The molecule has 1 fully saturated rings. The van der Waals surface area contributed by atoms with Crippen LogP contribution in [0.15, 0.2) is 60.8 Å². The number of aryl methyl sites for hydroxylation is 1. The number of carbonyl (C=O) groups is 1. The minimum atomic E-state index is 0.0693. The molecular weight excluding hydrogens is 346 g/mol. The van der Waals surface area contributed by atoms with Crippen molar-refractivity contribution in [3.8, 4) is 0 Å². The molecule has 1 aliphatic rings. The van der Waals surface area contributed by atoms with E-state index in [-0.39, 0.29) is 11.9 Å². The Morgan fingerprint density at radius 3 is 2.61 bits per heavy atom. The molecule has 1 aliphatic heterocycles. The number of aromatic amines is 1. The van der Waals surface area contributed by atoms with Crippen LogP contribution in [0.25, 0.3) is 10.9 Å². The summed E-state index contributed by atoms with van der Waals surface area (Å²) in [7, 11) is 0. The Hall–Kier alpha value is -2.59. The third-order valence-corrected chi connectivity index (χ3v) is 5.70. The Balaban J connectivity index is 1.33. The Labute approximate surface area is 166 Å². The number of fused-ring (bicyclic) bond motifs is 1. The second-order valence-electron chi connectivity index (χ2n) is 7.75. The van der Waals surface area contributed by atoms with Crippen LogP contribution in [0, 0.1) is 0 Å². The van der Waals surface area contributed by atoms with Crippen molar-refractivity contribution in [3.05, 3.63) is 71.9 Å². The van der Waals surface area contributed by atoms with Crippen molar-refractivity contribution in [2.75, 3.05) is 19.6 Å². The zero-order valence-electron chi connectivity index (χ0n) is 16.4. The topological polar surface area (TPSA) is 48.1 Å². The van der Waals surface area contributed by atoms with Crippen molar-refractivity contribution in [1.82, 2.24) is 15.2 Å². The van der Waals surface area contributed by atoms with Gasteiger partial charge in [0.25, 0.3) is 0 Å².